The van der Waals surface area contributed by atoms with Crippen LogP contribution in [0.2, 0.25) is 0 Å². The summed E-state index contributed by atoms with van der Waals surface area (Å²) in [6, 6.07) is 10.2. The van der Waals surface area contributed by atoms with Gasteiger partial charge in [0.1, 0.15) is 0 Å². The fourth-order valence-electron chi connectivity index (χ4n) is 2.79. The summed E-state index contributed by atoms with van der Waals surface area (Å²) < 4.78 is 22.8. The lowest BCUT2D eigenvalue weighted by Gasteiger charge is -2.29. The van der Waals surface area contributed by atoms with Gasteiger partial charge in [-0.1, -0.05) is 60.7 Å². The lowest BCUT2D eigenvalue weighted by Crippen LogP contribution is -2.25. The molecule has 3 rings (SSSR count). The van der Waals surface area contributed by atoms with Crippen molar-refractivity contribution < 1.29 is 4.11 Å². The summed E-state index contributed by atoms with van der Waals surface area (Å²) in [4.78, 5) is 1.61. The van der Waals surface area contributed by atoms with E-state index in [4.69, 9.17) is 4.11 Å². The van der Waals surface area contributed by atoms with E-state index in [-0.39, 0.29) is 5.41 Å². The Bertz CT molecular complexity index is 598. The average Bonchev–Trinajstić information content (AvgIpc) is 2.88. The highest BCUT2D eigenvalue weighted by Gasteiger charge is 2.37. The molecular weight excluding hydrogens is 218 g/mol. The van der Waals surface area contributed by atoms with Crippen LogP contribution in [0.3, 0.4) is 0 Å². The minimum atomic E-state index is -2.00. The summed E-state index contributed by atoms with van der Waals surface area (Å²) in [7, 11) is 0. The van der Waals surface area contributed by atoms with Gasteiger partial charge in [-0.15, -0.1) is 0 Å². The third kappa shape index (κ3) is 2.06. The third-order valence-electron chi connectivity index (χ3n) is 3.80. The van der Waals surface area contributed by atoms with Gasteiger partial charge in [-0.25, -0.2) is 0 Å². The topological polar surface area (TPSA) is 3.24 Å². The molecule has 1 aromatic rings. The molecule has 1 fully saturated rings. The van der Waals surface area contributed by atoms with E-state index in [1.165, 1.54) is 5.57 Å². The lowest BCUT2D eigenvalue weighted by molar-refractivity contribution is 0.380. The zero-order valence-electron chi connectivity index (χ0n) is 13.3. The summed E-state index contributed by atoms with van der Waals surface area (Å²) in [5.74, 6) is 0. The summed E-state index contributed by atoms with van der Waals surface area (Å²) in [5.41, 5.74) is 2.18. The van der Waals surface area contributed by atoms with Crippen molar-refractivity contribution in [3.05, 3.63) is 65.8 Å². The molecule has 1 aromatic carbocycles. The zero-order chi connectivity index (χ0) is 14.9. The largest absolute Gasteiger partial charge is 0.305 e. The monoisotopic (exact) mass is 240 g/mol. The highest BCUT2D eigenvalue weighted by Crippen LogP contribution is 2.42. The van der Waals surface area contributed by atoms with Crippen LogP contribution < -0.4 is 0 Å². The van der Waals surface area contributed by atoms with E-state index in [2.05, 4.69) is 30.4 Å². The van der Waals surface area contributed by atoms with Crippen LogP contribution in [0.5, 0.6) is 0 Å². The smallest absolute Gasteiger partial charge is 0.0394 e. The summed E-state index contributed by atoms with van der Waals surface area (Å²) in [6.45, 7) is -0.833. The molecule has 1 heteroatoms. The Balaban J connectivity index is 1.92. The fraction of sp³-hybridized carbons (Fsp3) is 0.294. The average molecular weight is 240 g/mol. The third-order valence-corrected chi connectivity index (χ3v) is 3.80. The van der Waals surface area contributed by atoms with Gasteiger partial charge in [0.15, 0.2) is 0 Å². The first-order valence-corrected chi connectivity index (χ1v) is 6.38. The molecule has 1 aliphatic heterocycles. The van der Waals surface area contributed by atoms with Crippen LogP contribution in [0.1, 0.15) is 16.1 Å². The standard InChI is InChI=1S/C17H19N/c1-18-12-11-17(14-18)10-6-5-9-16(17)13-15-7-3-2-4-8-15/h2-10,13H,11-12,14H2,1H3/b16-13-/i1D3. The summed E-state index contributed by atoms with van der Waals surface area (Å²) in [5, 5.41) is 0. The van der Waals surface area contributed by atoms with Crippen LogP contribution >= 0.6 is 0 Å². The molecule has 0 saturated carbocycles. The molecule has 1 atom stereocenters. The highest BCUT2D eigenvalue weighted by atomic mass is 15.1. The second kappa shape index (κ2) is 4.58. The van der Waals surface area contributed by atoms with Gasteiger partial charge in [0.05, 0.1) is 0 Å². The Morgan fingerprint density at radius 2 is 2.17 bits per heavy atom. The first-order valence-electron chi connectivity index (χ1n) is 7.88. The molecule has 0 radical (unpaired) electrons. The van der Waals surface area contributed by atoms with E-state index >= 15 is 0 Å². The van der Waals surface area contributed by atoms with Crippen molar-refractivity contribution in [2.75, 3.05) is 20.1 Å². The molecule has 1 aliphatic carbocycles. The van der Waals surface area contributed by atoms with Gasteiger partial charge < -0.3 is 4.90 Å². The van der Waals surface area contributed by atoms with Crippen LogP contribution in [-0.4, -0.2) is 25.0 Å². The first kappa shape index (κ1) is 8.49. The van der Waals surface area contributed by atoms with Crippen molar-refractivity contribution in [3.8, 4) is 0 Å². The van der Waals surface area contributed by atoms with Crippen LogP contribution in [0.25, 0.3) is 6.08 Å². The molecule has 1 unspecified atom stereocenters. The molecule has 0 bridgehead atoms. The van der Waals surface area contributed by atoms with Gasteiger partial charge >= 0.3 is 0 Å². The predicted molar refractivity (Wildman–Crippen MR) is 77.2 cm³/mol. The molecule has 0 aromatic heterocycles. The molecule has 1 nitrogen and oxygen atoms in total. The molecule has 0 amide bonds. The molecule has 0 N–H and O–H groups in total. The molecule has 1 heterocycles. The number of allylic oxidation sites excluding steroid dienone is 3. The SMILES string of the molecule is [2H]C([2H])([2H])N1CCC2(C=CC=C/C2=C/c2ccccc2)C1. The second-order valence-corrected chi connectivity index (χ2v) is 5.06. The maximum Gasteiger partial charge on any atom is 0.0394 e. The van der Waals surface area contributed by atoms with E-state index < -0.39 is 6.98 Å². The quantitative estimate of drug-likeness (QED) is 0.726. The van der Waals surface area contributed by atoms with E-state index in [0.29, 0.717) is 13.1 Å². The number of hydrogen-bond donors (Lipinski definition) is 0. The van der Waals surface area contributed by atoms with Crippen molar-refractivity contribution in [3.63, 3.8) is 0 Å². The van der Waals surface area contributed by atoms with Gasteiger partial charge in [-0.05, 0) is 31.1 Å². The Kier molecular flexibility index (Phi) is 2.16. The Labute approximate surface area is 113 Å². The van der Waals surface area contributed by atoms with E-state index in [1.807, 2.05) is 30.4 Å². The van der Waals surface area contributed by atoms with Crippen LogP contribution in [0, 0.1) is 5.41 Å². The van der Waals surface area contributed by atoms with Crippen LogP contribution in [0.4, 0.5) is 0 Å². The Hall–Kier alpha value is -1.60. The maximum atomic E-state index is 7.62. The number of rotatable bonds is 1. The van der Waals surface area contributed by atoms with Crippen molar-refractivity contribution in [1.82, 2.24) is 4.90 Å². The van der Waals surface area contributed by atoms with Gasteiger partial charge in [0.2, 0.25) is 0 Å². The van der Waals surface area contributed by atoms with Crippen LogP contribution in [-0.2, 0) is 0 Å². The molecular formula is C17H19N. The van der Waals surface area contributed by atoms with Gasteiger partial charge in [-0.2, -0.15) is 0 Å². The lowest BCUT2D eigenvalue weighted by atomic mass is 9.76. The molecule has 1 saturated heterocycles. The van der Waals surface area contributed by atoms with Gasteiger partial charge in [-0.3, -0.25) is 0 Å². The van der Waals surface area contributed by atoms with Gasteiger partial charge in [0.25, 0.3) is 0 Å². The number of nitrogens with zero attached hydrogens (tertiary/aromatic N) is 1. The fourth-order valence-corrected chi connectivity index (χ4v) is 2.79. The minimum absolute atomic E-state index is 0.168. The van der Waals surface area contributed by atoms with Crippen molar-refractivity contribution in [1.29, 1.82) is 0 Å². The highest BCUT2D eigenvalue weighted by molar-refractivity contribution is 5.60. The van der Waals surface area contributed by atoms with Gasteiger partial charge in [0, 0.05) is 16.1 Å². The predicted octanol–water partition coefficient (Wildman–Crippen LogP) is 3.52. The first-order chi connectivity index (χ1) is 10.00. The Morgan fingerprint density at radius 3 is 2.94 bits per heavy atom. The number of benzene rings is 1. The molecule has 2 aliphatic rings. The number of hydrogen-bond acceptors (Lipinski definition) is 1. The summed E-state index contributed by atoms with van der Waals surface area (Å²) in [6.07, 6.45) is 11.3. The zero-order valence-corrected chi connectivity index (χ0v) is 10.3. The van der Waals surface area contributed by atoms with Crippen molar-refractivity contribution >= 4 is 6.08 Å². The van der Waals surface area contributed by atoms with Crippen LogP contribution in [0.15, 0.2) is 60.2 Å². The normalized spacial score (nSPS) is 32.7. The number of likely N-dealkylation sites (tertiary alicyclic amines) is 1. The maximum absolute atomic E-state index is 7.62. The second-order valence-electron chi connectivity index (χ2n) is 5.06. The molecule has 92 valence electrons. The molecule has 1 spiro atoms. The van der Waals surface area contributed by atoms with E-state index in [0.717, 1.165) is 12.0 Å². The van der Waals surface area contributed by atoms with Crippen molar-refractivity contribution in [2.45, 2.75) is 6.42 Å². The van der Waals surface area contributed by atoms with E-state index in [1.54, 1.807) is 4.90 Å². The van der Waals surface area contributed by atoms with E-state index in [9.17, 15) is 0 Å². The summed E-state index contributed by atoms with van der Waals surface area (Å²) >= 11 is 0. The minimum Gasteiger partial charge on any atom is -0.305 e. The molecule has 18 heavy (non-hydrogen) atoms. The Morgan fingerprint density at radius 1 is 1.28 bits per heavy atom. The van der Waals surface area contributed by atoms with Crippen molar-refractivity contribution in [2.24, 2.45) is 5.41 Å².